The molecule has 2 aromatic carbocycles. The summed E-state index contributed by atoms with van der Waals surface area (Å²) in [6, 6.07) is 18.2. The maximum atomic E-state index is 15.5. The number of benzene rings is 2. The zero-order valence-corrected chi connectivity index (χ0v) is 20.6. The van der Waals surface area contributed by atoms with Gasteiger partial charge in [-0.05, 0) is 73.2 Å². The van der Waals surface area contributed by atoms with Gasteiger partial charge in [0.1, 0.15) is 11.6 Å². The van der Waals surface area contributed by atoms with Gasteiger partial charge >= 0.3 is 0 Å². The number of nitrogens with one attached hydrogen (secondary N) is 1. The number of halogens is 1. The number of amides is 1. The van der Waals surface area contributed by atoms with Crippen LogP contribution < -0.4 is 10.2 Å². The summed E-state index contributed by atoms with van der Waals surface area (Å²) in [5, 5.41) is 9.76. The number of aryl methyl sites for hydroxylation is 1. The summed E-state index contributed by atoms with van der Waals surface area (Å²) in [5.41, 5.74) is 2.50. The minimum absolute atomic E-state index is 0.0321. The van der Waals surface area contributed by atoms with E-state index < -0.39 is 5.82 Å². The van der Waals surface area contributed by atoms with Crippen molar-refractivity contribution in [2.75, 3.05) is 18.0 Å². The van der Waals surface area contributed by atoms with Crippen molar-refractivity contribution in [3.63, 3.8) is 0 Å². The first-order valence-corrected chi connectivity index (χ1v) is 12.6. The standard InChI is InChI=1S/C29H27FN6O/c1-19-6-4-7-21-12-14-32-28(27(19)21)36(22-8-5-13-31-18-22)29(37)23-11-10-20(16-24(23)30)17-25-33-26-9-2-3-15-35(26)34-25/h2-4,6-7,9-12,14-16,22,31H,5,8,13,17-18H2,1H3/t22-/m1/s1. The van der Waals surface area contributed by atoms with Gasteiger partial charge in [-0.15, -0.1) is 0 Å². The maximum Gasteiger partial charge on any atom is 0.262 e. The lowest BCUT2D eigenvalue weighted by Gasteiger charge is -2.35. The number of nitrogens with zero attached hydrogens (tertiary/aromatic N) is 5. The fourth-order valence-corrected chi connectivity index (χ4v) is 5.17. The van der Waals surface area contributed by atoms with E-state index in [1.807, 2.05) is 55.6 Å². The number of rotatable bonds is 5. The largest absolute Gasteiger partial charge is 0.315 e. The molecule has 1 aliphatic rings. The van der Waals surface area contributed by atoms with Crippen LogP contribution in [-0.4, -0.2) is 44.6 Å². The second kappa shape index (κ2) is 9.71. The highest BCUT2D eigenvalue weighted by atomic mass is 19.1. The van der Waals surface area contributed by atoms with E-state index >= 15 is 4.39 Å². The van der Waals surface area contributed by atoms with Gasteiger partial charge in [-0.2, -0.15) is 5.10 Å². The van der Waals surface area contributed by atoms with Crippen molar-refractivity contribution in [1.82, 2.24) is 24.9 Å². The number of hydrogen-bond acceptors (Lipinski definition) is 5. The molecule has 0 spiro atoms. The Morgan fingerprint density at radius 1 is 1.16 bits per heavy atom. The van der Waals surface area contributed by atoms with E-state index in [9.17, 15) is 4.79 Å². The zero-order valence-electron chi connectivity index (χ0n) is 20.6. The van der Waals surface area contributed by atoms with Crippen LogP contribution >= 0.6 is 0 Å². The van der Waals surface area contributed by atoms with Gasteiger partial charge in [-0.1, -0.05) is 30.3 Å². The van der Waals surface area contributed by atoms with Crippen LogP contribution in [0, 0.1) is 12.7 Å². The molecule has 1 N–H and O–H groups in total. The van der Waals surface area contributed by atoms with Crippen molar-refractivity contribution in [2.24, 2.45) is 0 Å². The summed E-state index contributed by atoms with van der Waals surface area (Å²) < 4.78 is 17.2. The third-order valence-corrected chi connectivity index (χ3v) is 6.97. The first kappa shape index (κ1) is 23.2. The highest BCUT2D eigenvalue weighted by Crippen LogP contribution is 2.32. The topological polar surface area (TPSA) is 75.4 Å². The molecule has 186 valence electrons. The highest BCUT2D eigenvalue weighted by molar-refractivity contribution is 6.11. The zero-order chi connectivity index (χ0) is 25.4. The van der Waals surface area contributed by atoms with Crippen LogP contribution in [-0.2, 0) is 6.42 Å². The van der Waals surface area contributed by atoms with Gasteiger partial charge in [0.2, 0.25) is 0 Å². The second-order valence-electron chi connectivity index (χ2n) is 9.51. The Hall–Kier alpha value is -4.17. The number of hydrogen-bond donors (Lipinski definition) is 1. The summed E-state index contributed by atoms with van der Waals surface area (Å²) in [6.45, 7) is 3.55. The average Bonchev–Trinajstić information content (AvgIpc) is 3.32. The number of pyridine rings is 2. The van der Waals surface area contributed by atoms with Crippen LogP contribution in [0.1, 0.15) is 40.2 Å². The van der Waals surface area contributed by atoms with Gasteiger partial charge in [-0.25, -0.2) is 18.9 Å². The fourth-order valence-electron chi connectivity index (χ4n) is 5.17. The van der Waals surface area contributed by atoms with Crippen LogP contribution in [0.15, 0.2) is 73.1 Å². The molecule has 0 radical (unpaired) electrons. The molecule has 0 aliphatic carbocycles. The maximum absolute atomic E-state index is 15.5. The Kier molecular flexibility index (Phi) is 6.10. The van der Waals surface area contributed by atoms with Gasteiger partial charge in [-0.3, -0.25) is 9.69 Å². The van der Waals surface area contributed by atoms with E-state index in [1.54, 1.807) is 27.7 Å². The summed E-state index contributed by atoms with van der Waals surface area (Å²) in [4.78, 5) is 24.8. The lowest BCUT2D eigenvalue weighted by molar-refractivity contribution is 0.0968. The second-order valence-corrected chi connectivity index (χ2v) is 9.51. The normalized spacial score (nSPS) is 15.8. The number of carbonyl (C=O) groups is 1. The first-order chi connectivity index (χ1) is 18.1. The molecule has 1 fully saturated rings. The molecule has 3 aromatic heterocycles. The Labute approximate surface area is 214 Å². The molecular formula is C29H27FN6O. The summed E-state index contributed by atoms with van der Waals surface area (Å²) in [6.07, 6.45) is 5.67. The predicted octanol–water partition coefficient (Wildman–Crippen LogP) is 4.71. The molecule has 1 amide bonds. The van der Waals surface area contributed by atoms with Crippen LogP contribution in [0.2, 0.25) is 0 Å². The third kappa shape index (κ3) is 4.44. The molecule has 7 nitrogen and oxygen atoms in total. The number of carbonyl (C=O) groups excluding carboxylic acids is 1. The number of fused-ring (bicyclic) bond motifs is 2. The van der Waals surface area contributed by atoms with Gasteiger partial charge in [0.05, 0.1) is 11.6 Å². The van der Waals surface area contributed by atoms with Crippen LogP contribution in [0.3, 0.4) is 0 Å². The highest BCUT2D eigenvalue weighted by Gasteiger charge is 2.31. The smallest absolute Gasteiger partial charge is 0.262 e. The van der Waals surface area contributed by atoms with Gasteiger partial charge in [0, 0.05) is 30.7 Å². The Bertz CT molecular complexity index is 1570. The molecule has 37 heavy (non-hydrogen) atoms. The van der Waals surface area contributed by atoms with E-state index in [4.69, 9.17) is 0 Å². The molecule has 0 bridgehead atoms. The van der Waals surface area contributed by atoms with E-state index in [2.05, 4.69) is 20.4 Å². The Morgan fingerprint density at radius 2 is 2.08 bits per heavy atom. The van der Waals surface area contributed by atoms with E-state index in [1.165, 1.54) is 6.07 Å². The number of anilines is 1. The molecule has 5 aromatic rings. The SMILES string of the molecule is Cc1cccc2ccnc(N(C(=O)c3ccc(Cc4nc5ccccn5n4)cc3F)[C@@H]3CCCNC3)c12. The Balaban J connectivity index is 1.36. The van der Waals surface area contributed by atoms with Crippen molar-refractivity contribution in [3.05, 3.63) is 101 Å². The van der Waals surface area contributed by atoms with E-state index in [-0.39, 0.29) is 17.5 Å². The minimum atomic E-state index is -0.558. The van der Waals surface area contributed by atoms with Crippen molar-refractivity contribution in [1.29, 1.82) is 0 Å². The lowest BCUT2D eigenvalue weighted by Crippen LogP contribution is -2.49. The van der Waals surface area contributed by atoms with Crippen molar-refractivity contribution in [2.45, 2.75) is 32.2 Å². The van der Waals surface area contributed by atoms with Gasteiger partial charge < -0.3 is 5.32 Å². The minimum Gasteiger partial charge on any atom is -0.315 e. The molecule has 6 rings (SSSR count). The molecule has 8 heteroatoms. The molecule has 1 saturated heterocycles. The monoisotopic (exact) mass is 494 g/mol. The van der Waals surface area contributed by atoms with Crippen molar-refractivity contribution < 1.29 is 9.18 Å². The lowest BCUT2D eigenvalue weighted by atomic mass is 10.0. The van der Waals surface area contributed by atoms with E-state index in [0.717, 1.165) is 41.4 Å². The van der Waals surface area contributed by atoms with Crippen LogP contribution in [0.4, 0.5) is 10.2 Å². The molecule has 0 unspecified atom stereocenters. The molecule has 4 heterocycles. The van der Waals surface area contributed by atoms with Crippen molar-refractivity contribution in [3.8, 4) is 0 Å². The fraction of sp³-hybridized carbons (Fsp3) is 0.241. The predicted molar refractivity (Wildman–Crippen MR) is 141 cm³/mol. The summed E-state index contributed by atoms with van der Waals surface area (Å²) in [7, 11) is 0. The van der Waals surface area contributed by atoms with Gasteiger partial charge in [0.25, 0.3) is 5.91 Å². The number of aromatic nitrogens is 4. The van der Waals surface area contributed by atoms with Crippen LogP contribution in [0.5, 0.6) is 0 Å². The first-order valence-electron chi connectivity index (χ1n) is 12.6. The number of piperidine rings is 1. The molecule has 0 saturated carbocycles. The average molecular weight is 495 g/mol. The van der Waals surface area contributed by atoms with Crippen LogP contribution in [0.25, 0.3) is 16.4 Å². The summed E-state index contributed by atoms with van der Waals surface area (Å²) >= 11 is 0. The molecular weight excluding hydrogens is 467 g/mol. The van der Waals surface area contributed by atoms with E-state index in [0.29, 0.717) is 30.2 Å². The summed E-state index contributed by atoms with van der Waals surface area (Å²) in [5.74, 6) is 0.227. The quantitative estimate of drug-likeness (QED) is 0.383. The van der Waals surface area contributed by atoms with Gasteiger partial charge in [0.15, 0.2) is 11.5 Å². The van der Waals surface area contributed by atoms with Crippen molar-refractivity contribution >= 4 is 28.1 Å². The molecule has 1 atom stereocenters. The Morgan fingerprint density at radius 3 is 2.89 bits per heavy atom. The molecule has 1 aliphatic heterocycles. The third-order valence-electron chi connectivity index (χ3n) is 6.97.